The third-order valence-electron chi connectivity index (χ3n) is 4.85. The van der Waals surface area contributed by atoms with Crippen LogP contribution in [0.4, 0.5) is 4.39 Å². The molecule has 2 aromatic carbocycles. The average Bonchev–Trinajstić information content (AvgIpc) is 3.13. The van der Waals surface area contributed by atoms with Crippen molar-refractivity contribution in [3.8, 4) is 22.8 Å². The SMILES string of the molecule is COc1ccc(-c2cc(C(=O)N(C)CCc3ccc(OC)c(Br)c3)n(C)n2)cc1F. The van der Waals surface area contributed by atoms with Gasteiger partial charge in [-0.25, -0.2) is 4.39 Å². The zero-order chi connectivity index (χ0) is 21.8. The van der Waals surface area contributed by atoms with E-state index in [1.165, 1.54) is 17.9 Å². The van der Waals surface area contributed by atoms with E-state index in [4.69, 9.17) is 9.47 Å². The molecule has 0 unspecified atom stereocenters. The Labute approximate surface area is 183 Å². The number of halogens is 2. The maximum Gasteiger partial charge on any atom is 0.271 e. The zero-order valence-electron chi connectivity index (χ0n) is 17.3. The van der Waals surface area contributed by atoms with Crippen molar-refractivity contribution in [2.75, 3.05) is 27.8 Å². The van der Waals surface area contributed by atoms with Gasteiger partial charge in [-0.05, 0) is 64.3 Å². The molecular formula is C22H23BrFN3O3. The minimum Gasteiger partial charge on any atom is -0.496 e. The number of carbonyl (C=O) groups excluding carboxylic acids is 1. The summed E-state index contributed by atoms with van der Waals surface area (Å²) in [6, 6.07) is 12.1. The zero-order valence-corrected chi connectivity index (χ0v) is 18.9. The van der Waals surface area contributed by atoms with Crippen LogP contribution in [-0.4, -0.2) is 48.4 Å². The van der Waals surface area contributed by atoms with Crippen LogP contribution in [0, 0.1) is 5.82 Å². The molecule has 0 aliphatic heterocycles. The number of rotatable bonds is 7. The van der Waals surface area contributed by atoms with Crippen molar-refractivity contribution in [3.63, 3.8) is 0 Å². The number of carbonyl (C=O) groups is 1. The first-order valence-corrected chi connectivity index (χ1v) is 10.1. The second kappa shape index (κ2) is 9.30. The number of nitrogens with zero attached hydrogens (tertiary/aromatic N) is 3. The van der Waals surface area contributed by atoms with E-state index in [2.05, 4.69) is 21.0 Å². The first-order chi connectivity index (χ1) is 14.3. The van der Waals surface area contributed by atoms with Gasteiger partial charge in [-0.3, -0.25) is 9.48 Å². The number of aryl methyl sites for hydroxylation is 1. The van der Waals surface area contributed by atoms with Gasteiger partial charge in [0.25, 0.3) is 5.91 Å². The van der Waals surface area contributed by atoms with E-state index in [1.807, 2.05) is 18.2 Å². The summed E-state index contributed by atoms with van der Waals surface area (Å²) >= 11 is 3.48. The molecule has 8 heteroatoms. The van der Waals surface area contributed by atoms with E-state index >= 15 is 0 Å². The van der Waals surface area contributed by atoms with Crippen molar-refractivity contribution in [2.45, 2.75) is 6.42 Å². The van der Waals surface area contributed by atoms with Crippen LogP contribution < -0.4 is 9.47 Å². The van der Waals surface area contributed by atoms with E-state index in [1.54, 1.807) is 44.3 Å². The summed E-state index contributed by atoms with van der Waals surface area (Å²) in [6.07, 6.45) is 0.694. The molecule has 1 aromatic heterocycles. The molecule has 158 valence electrons. The Morgan fingerprint density at radius 1 is 1.13 bits per heavy atom. The molecule has 1 amide bonds. The largest absolute Gasteiger partial charge is 0.496 e. The number of benzene rings is 2. The molecule has 0 spiro atoms. The highest BCUT2D eigenvalue weighted by atomic mass is 79.9. The fourth-order valence-electron chi connectivity index (χ4n) is 3.09. The molecule has 0 saturated heterocycles. The molecule has 1 heterocycles. The summed E-state index contributed by atoms with van der Waals surface area (Å²) < 4.78 is 26.6. The number of aromatic nitrogens is 2. The van der Waals surface area contributed by atoms with Gasteiger partial charge in [0.1, 0.15) is 11.4 Å². The monoisotopic (exact) mass is 475 g/mol. The maximum absolute atomic E-state index is 14.0. The normalized spacial score (nSPS) is 10.7. The van der Waals surface area contributed by atoms with Gasteiger partial charge in [0.05, 0.1) is 24.4 Å². The van der Waals surface area contributed by atoms with E-state index in [0.29, 0.717) is 29.9 Å². The number of hydrogen-bond donors (Lipinski definition) is 0. The Kier molecular flexibility index (Phi) is 6.77. The summed E-state index contributed by atoms with van der Waals surface area (Å²) in [5.74, 6) is 0.297. The molecule has 30 heavy (non-hydrogen) atoms. The standard InChI is InChI=1S/C22H23BrFN3O3/c1-26(10-9-14-5-7-20(29-3)16(23)11-14)22(28)19-13-18(25-27(19)2)15-6-8-21(30-4)17(24)12-15/h5-8,11-13H,9-10H2,1-4H3. The molecule has 0 bridgehead atoms. The van der Waals surface area contributed by atoms with E-state index in [9.17, 15) is 9.18 Å². The molecular weight excluding hydrogens is 453 g/mol. The van der Waals surface area contributed by atoms with Crippen LogP contribution in [0.25, 0.3) is 11.3 Å². The molecule has 0 fully saturated rings. The van der Waals surface area contributed by atoms with Gasteiger partial charge >= 0.3 is 0 Å². The lowest BCUT2D eigenvalue weighted by atomic mass is 10.1. The molecule has 0 aliphatic carbocycles. The maximum atomic E-state index is 14.0. The third kappa shape index (κ3) is 4.64. The number of likely N-dealkylation sites (N-methyl/N-ethyl adjacent to an activating group) is 1. The lowest BCUT2D eigenvalue weighted by Crippen LogP contribution is -2.30. The average molecular weight is 476 g/mol. The number of methoxy groups -OCH3 is 2. The predicted octanol–water partition coefficient (Wildman–Crippen LogP) is 4.32. The summed E-state index contributed by atoms with van der Waals surface area (Å²) in [7, 11) is 6.48. The van der Waals surface area contributed by atoms with Gasteiger partial charge in [0.15, 0.2) is 11.6 Å². The number of hydrogen-bond acceptors (Lipinski definition) is 4. The van der Waals surface area contributed by atoms with Crippen LogP contribution in [0.1, 0.15) is 16.1 Å². The Bertz CT molecular complexity index is 1070. The van der Waals surface area contributed by atoms with Gasteiger partial charge in [-0.15, -0.1) is 0 Å². The minimum atomic E-state index is -0.476. The molecule has 0 aliphatic rings. The first-order valence-electron chi connectivity index (χ1n) is 9.30. The predicted molar refractivity (Wildman–Crippen MR) is 117 cm³/mol. The third-order valence-corrected chi connectivity index (χ3v) is 5.46. The minimum absolute atomic E-state index is 0.155. The highest BCUT2D eigenvalue weighted by Crippen LogP contribution is 2.27. The Hall–Kier alpha value is -2.87. The van der Waals surface area contributed by atoms with E-state index in [0.717, 1.165) is 15.8 Å². The summed E-state index contributed by atoms with van der Waals surface area (Å²) in [4.78, 5) is 14.6. The summed E-state index contributed by atoms with van der Waals surface area (Å²) in [6.45, 7) is 0.537. The van der Waals surface area contributed by atoms with E-state index < -0.39 is 5.82 Å². The lowest BCUT2D eigenvalue weighted by molar-refractivity contribution is 0.0786. The second-order valence-corrected chi connectivity index (χ2v) is 7.69. The number of ether oxygens (including phenoxy) is 2. The van der Waals surface area contributed by atoms with Crippen molar-refractivity contribution in [3.05, 3.63) is 64.0 Å². The van der Waals surface area contributed by atoms with E-state index in [-0.39, 0.29) is 11.7 Å². The van der Waals surface area contributed by atoms with Gasteiger partial charge in [-0.2, -0.15) is 5.10 Å². The highest BCUT2D eigenvalue weighted by molar-refractivity contribution is 9.10. The quantitative estimate of drug-likeness (QED) is 0.510. The fraction of sp³-hybridized carbons (Fsp3) is 0.273. The van der Waals surface area contributed by atoms with Crippen molar-refractivity contribution in [2.24, 2.45) is 7.05 Å². The van der Waals surface area contributed by atoms with Crippen LogP contribution >= 0.6 is 15.9 Å². The second-order valence-electron chi connectivity index (χ2n) is 6.83. The summed E-state index contributed by atoms with van der Waals surface area (Å²) in [5.41, 5.74) is 2.62. The summed E-state index contributed by atoms with van der Waals surface area (Å²) in [5, 5.41) is 4.37. The van der Waals surface area contributed by atoms with Gasteiger partial charge in [0, 0.05) is 26.2 Å². The molecule has 0 radical (unpaired) electrons. The topological polar surface area (TPSA) is 56.6 Å². The van der Waals surface area contributed by atoms with Crippen LogP contribution in [0.15, 0.2) is 46.9 Å². The molecule has 0 saturated carbocycles. The Balaban J connectivity index is 1.72. The smallest absolute Gasteiger partial charge is 0.271 e. The van der Waals surface area contributed by atoms with Crippen LogP contribution in [0.3, 0.4) is 0 Å². The molecule has 0 atom stereocenters. The van der Waals surface area contributed by atoms with Crippen molar-refractivity contribution >= 4 is 21.8 Å². The first kappa shape index (κ1) is 21.8. The van der Waals surface area contributed by atoms with Crippen molar-refractivity contribution in [1.29, 1.82) is 0 Å². The van der Waals surface area contributed by atoms with Crippen molar-refractivity contribution < 1.29 is 18.7 Å². The van der Waals surface area contributed by atoms with Gasteiger partial charge in [-0.1, -0.05) is 6.07 Å². The van der Waals surface area contributed by atoms with Crippen LogP contribution in [-0.2, 0) is 13.5 Å². The van der Waals surface area contributed by atoms with Gasteiger partial charge < -0.3 is 14.4 Å². The molecule has 0 N–H and O–H groups in total. The Morgan fingerprint density at radius 2 is 1.83 bits per heavy atom. The molecule has 3 aromatic rings. The Morgan fingerprint density at radius 3 is 2.47 bits per heavy atom. The van der Waals surface area contributed by atoms with Crippen LogP contribution in [0.5, 0.6) is 11.5 Å². The highest BCUT2D eigenvalue weighted by Gasteiger charge is 2.19. The molecule has 3 rings (SSSR count). The van der Waals surface area contributed by atoms with Crippen molar-refractivity contribution in [1.82, 2.24) is 14.7 Å². The fourth-order valence-corrected chi connectivity index (χ4v) is 3.68. The van der Waals surface area contributed by atoms with Crippen LogP contribution in [0.2, 0.25) is 0 Å². The van der Waals surface area contributed by atoms with Gasteiger partial charge in [0.2, 0.25) is 0 Å². The molecule has 6 nitrogen and oxygen atoms in total. The lowest BCUT2D eigenvalue weighted by Gasteiger charge is -2.17. The number of amides is 1.